The third-order valence-electron chi connectivity index (χ3n) is 2.30. The van der Waals surface area contributed by atoms with Crippen LogP contribution in [0, 0.1) is 11.8 Å². The zero-order chi connectivity index (χ0) is 4.85. The van der Waals surface area contributed by atoms with Gasteiger partial charge in [0, 0.05) is 0 Å². The van der Waals surface area contributed by atoms with Gasteiger partial charge < -0.3 is 5.11 Å². The standard InChI is InChI=1S/C6H10O/c7-6-2-1-4-3-5(4)6/h4-7H,1-3H2. The van der Waals surface area contributed by atoms with E-state index in [1.165, 1.54) is 12.8 Å². The van der Waals surface area contributed by atoms with Gasteiger partial charge in [0.15, 0.2) is 0 Å². The fourth-order valence-electron chi connectivity index (χ4n) is 1.67. The lowest BCUT2D eigenvalue weighted by Crippen LogP contribution is -2.02. The second-order valence-corrected chi connectivity index (χ2v) is 2.80. The molecule has 0 saturated heterocycles. The number of hydrogen-bond donors (Lipinski definition) is 1. The lowest BCUT2D eigenvalue weighted by atomic mass is 10.2. The molecule has 1 heteroatoms. The highest BCUT2D eigenvalue weighted by Crippen LogP contribution is 2.51. The van der Waals surface area contributed by atoms with Crippen molar-refractivity contribution in [2.75, 3.05) is 0 Å². The quantitative estimate of drug-likeness (QED) is 0.474. The van der Waals surface area contributed by atoms with Crippen molar-refractivity contribution >= 4 is 0 Å². The van der Waals surface area contributed by atoms with Crippen molar-refractivity contribution in [1.82, 2.24) is 0 Å². The van der Waals surface area contributed by atoms with Crippen LogP contribution in [0.5, 0.6) is 0 Å². The van der Waals surface area contributed by atoms with E-state index in [4.69, 9.17) is 5.11 Å². The number of hydrogen-bond acceptors (Lipinski definition) is 1. The van der Waals surface area contributed by atoms with Crippen molar-refractivity contribution in [2.45, 2.75) is 25.4 Å². The van der Waals surface area contributed by atoms with Crippen LogP contribution in [0.1, 0.15) is 19.3 Å². The molecule has 2 aliphatic carbocycles. The lowest BCUT2D eigenvalue weighted by Gasteiger charge is -1.97. The summed E-state index contributed by atoms with van der Waals surface area (Å²) in [6.07, 6.45) is 3.78. The topological polar surface area (TPSA) is 20.2 Å². The molecular formula is C6H10O. The number of fused-ring (bicyclic) bond motifs is 1. The lowest BCUT2D eigenvalue weighted by molar-refractivity contribution is 0.159. The van der Waals surface area contributed by atoms with E-state index in [2.05, 4.69) is 0 Å². The minimum Gasteiger partial charge on any atom is -0.393 e. The summed E-state index contributed by atoms with van der Waals surface area (Å²) in [5.74, 6) is 1.68. The van der Waals surface area contributed by atoms with Crippen LogP contribution in [0.25, 0.3) is 0 Å². The zero-order valence-corrected chi connectivity index (χ0v) is 4.30. The normalized spacial score (nSPS) is 57.0. The molecule has 0 aromatic rings. The molecule has 0 spiro atoms. The van der Waals surface area contributed by atoms with Crippen LogP contribution in [0.4, 0.5) is 0 Å². The van der Waals surface area contributed by atoms with Gasteiger partial charge in [0.2, 0.25) is 0 Å². The van der Waals surface area contributed by atoms with Crippen LogP contribution >= 0.6 is 0 Å². The predicted octanol–water partition coefficient (Wildman–Crippen LogP) is 0.777. The fraction of sp³-hybridized carbons (Fsp3) is 1.00. The molecule has 3 unspecified atom stereocenters. The van der Waals surface area contributed by atoms with Gasteiger partial charge in [-0.1, -0.05) is 0 Å². The molecule has 0 radical (unpaired) electrons. The monoisotopic (exact) mass is 98.1 g/mol. The van der Waals surface area contributed by atoms with Gasteiger partial charge in [-0.3, -0.25) is 0 Å². The molecule has 1 nitrogen and oxygen atoms in total. The minimum absolute atomic E-state index is 0.0880. The van der Waals surface area contributed by atoms with Crippen molar-refractivity contribution < 1.29 is 5.11 Å². The summed E-state index contributed by atoms with van der Waals surface area (Å²) in [5.41, 5.74) is 0. The van der Waals surface area contributed by atoms with Crippen LogP contribution in [0.2, 0.25) is 0 Å². The number of rotatable bonds is 0. The van der Waals surface area contributed by atoms with E-state index in [1.807, 2.05) is 0 Å². The van der Waals surface area contributed by atoms with E-state index < -0.39 is 0 Å². The first-order valence-electron chi connectivity index (χ1n) is 3.06. The number of aliphatic hydroxyl groups is 1. The van der Waals surface area contributed by atoms with Gasteiger partial charge in [-0.25, -0.2) is 0 Å². The van der Waals surface area contributed by atoms with E-state index in [1.54, 1.807) is 0 Å². The van der Waals surface area contributed by atoms with Crippen LogP contribution in [-0.4, -0.2) is 11.2 Å². The Kier molecular flexibility index (Phi) is 0.571. The van der Waals surface area contributed by atoms with Crippen LogP contribution in [0.3, 0.4) is 0 Å². The molecular weight excluding hydrogens is 88.1 g/mol. The van der Waals surface area contributed by atoms with Crippen LogP contribution in [0.15, 0.2) is 0 Å². The Morgan fingerprint density at radius 1 is 1.29 bits per heavy atom. The first-order chi connectivity index (χ1) is 3.38. The molecule has 2 aliphatic rings. The average Bonchev–Trinajstić information content (AvgIpc) is 2.33. The maximum Gasteiger partial charge on any atom is 0.0571 e. The predicted molar refractivity (Wildman–Crippen MR) is 26.8 cm³/mol. The molecule has 3 atom stereocenters. The molecule has 1 N–H and O–H groups in total. The molecule has 0 amide bonds. The second kappa shape index (κ2) is 1.03. The molecule has 0 heterocycles. The Morgan fingerprint density at radius 2 is 2.14 bits per heavy atom. The minimum atomic E-state index is 0.0880. The first-order valence-corrected chi connectivity index (χ1v) is 3.06. The van der Waals surface area contributed by atoms with Crippen molar-refractivity contribution in [1.29, 1.82) is 0 Å². The summed E-state index contributed by atoms with van der Waals surface area (Å²) < 4.78 is 0. The Morgan fingerprint density at radius 3 is 2.29 bits per heavy atom. The van der Waals surface area contributed by atoms with Crippen LogP contribution < -0.4 is 0 Å². The van der Waals surface area contributed by atoms with E-state index >= 15 is 0 Å². The highest BCUT2D eigenvalue weighted by molar-refractivity contribution is 4.97. The Bertz CT molecular complexity index is 90.2. The Hall–Kier alpha value is -0.0400. The van der Waals surface area contributed by atoms with Gasteiger partial charge in [-0.15, -0.1) is 0 Å². The molecule has 2 saturated carbocycles. The second-order valence-electron chi connectivity index (χ2n) is 2.80. The summed E-state index contributed by atoms with van der Waals surface area (Å²) >= 11 is 0. The Balaban J connectivity index is 2.08. The SMILES string of the molecule is OC1CCC2CC12. The average molecular weight is 98.1 g/mol. The van der Waals surface area contributed by atoms with Crippen LogP contribution in [-0.2, 0) is 0 Å². The third-order valence-corrected chi connectivity index (χ3v) is 2.30. The first kappa shape index (κ1) is 3.90. The van der Waals surface area contributed by atoms with Gasteiger partial charge in [0.05, 0.1) is 6.10 Å². The molecule has 40 valence electrons. The smallest absolute Gasteiger partial charge is 0.0571 e. The molecule has 0 aliphatic heterocycles. The largest absolute Gasteiger partial charge is 0.393 e. The van der Waals surface area contributed by atoms with Crippen molar-refractivity contribution in [2.24, 2.45) is 11.8 Å². The van der Waals surface area contributed by atoms with Gasteiger partial charge in [-0.2, -0.15) is 0 Å². The maximum absolute atomic E-state index is 9.04. The highest BCUT2D eigenvalue weighted by Gasteiger charge is 2.47. The molecule has 7 heavy (non-hydrogen) atoms. The molecule has 2 fully saturated rings. The fourth-order valence-corrected chi connectivity index (χ4v) is 1.67. The summed E-state index contributed by atoms with van der Waals surface area (Å²) in [6.45, 7) is 0. The summed E-state index contributed by atoms with van der Waals surface area (Å²) in [6, 6.07) is 0. The van der Waals surface area contributed by atoms with Crippen molar-refractivity contribution in [3.63, 3.8) is 0 Å². The highest BCUT2D eigenvalue weighted by atomic mass is 16.3. The van der Waals surface area contributed by atoms with Gasteiger partial charge in [0.1, 0.15) is 0 Å². The van der Waals surface area contributed by atoms with E-state index in [9.17, 15) is 0 Å². The van der Waals surface area contributed by atoms with Crippen molar-refractivity contribution in [3.8, 4) is 0 Å². The maximum atomic E-state index is 9.04. The summed E-state index contributed by atoms with van der Waals surface area (Å²) in [4.78, 5) is 0. The van der Waals surface area contributed by atoms with Gasteiger partial charge in [-0.05, 0) is 31.1 Å². The molecule has 0 aromatic carbocycles. The molecule has 2 rings (SSSR count). The third kappa shape index (κ3) is 0.418. The number of aliphatic hydroxyl groups excluding tert-OH is 1. The van der Waals surface area contributed by atoms with E-state index in [0.29, 0.717) is 0 Å². The van der Waals surface area contributed by atoms with E-state index in [0.717, 1.165) is 18.3 Å². The summed E-state index contributed by atoms with van der Waals surface area (Å²) in [5, 5.41) is 9.04. The molecule has 0 aromatic heterocycles. The van der Waals surface area contributed by atoms with E-state index in [-0.39, 0.29) is 6.10 Å². The van der Waals surface area contributed by atoms with Gasteiger partial charge in [0.25, 0.3) is 0 Å². The zero-order valence-electron chi connectivity index (χ0n) is 4.30. The van der Waals surface area contributed by atoms with Gasteiger partial charge >= 0.3 is 0 Å². The van der Waals surface area contributed by atoms with Crippen molar-refractivity contribution in [3.05, 3.63) is 0 Å². The summed E-state index contributed by atoms with van der Waals surface area (Å²) in [7, 11) is 0. The molecule has 0 bridgehead atoms. The Labute approximate surface area is 43.3 Å².